The molecular weight excluding hydrogens is 282 g/mol. The van der Waals surface area contributed by atoms with E-state index >= 15 is 0 Å². The van der Waals surface area contributed by atoms with Crippen LogP contribution in [-0.4, -0.2) is 39.3 Å². The second kappa shape index (κ2) is 13.1. The predicted molar refractivity (Wildman–Crippen MR) is 87.3 cm³/mol. The van der Waals surface area contributed by atoms with Crippen LogP contribution in [0.1, 0.15) is 57.4 Å². The molecule has 0 spiro atoms. The zero-order chi connectivity index (χ0) is 13.9. The van der Waals surface area contributed by atoms with Gasteiger partial charge in [0.15, 0.2) is 0 Å². The maximum atomic E-state index is 8.74. The van der Waals surface area contributed by atoms with Crippen molar-refractivity contribution in [2.24, 2.45) is 0 Å². The van der Waals surface area contributed by atoms with Crippen molar-refractivity contribution in [1.29, 1.82) is 0 Å². The summed E-state index contributed by atoms with van der Waals surface area (Å²) in [4.78, 5) is 17.5. The first-order chi connectivity index (χ1) is 9.22. The summed E-state index contributed by atoms with van der Waals surface area (Å²) in [6.07, 6.45) is 10.3. The summed E-state index contributed by atoms with van der Waals surface area (Å²) in [5.41, 5.74) is 1.28. The summed E-state index contributed by atoms with van der Waals surface area (Å²) in [5.74, 6) is 0.513. The van der Waals surface area contributed by atoms with E-state index in [0.29, 0.717) is 5.75 Å². The number of benzene rings is 1. The van der Waals surface area contributed by atoms with Crippen LogP contribution in [0.4, 0.5) is 0 Å². The van der Waals surface area contributed by atoms with Gasteiger partial charge in [0.1, 0.15) is 5.75 Å². The fourth-order valence-corrected chi connectivity index (χ4v) is 2.41. The third-order valence-corrected chi connectivity index (χ3v) is 3.55. The Bertz CT molecular complexity index is 330. The van der Waals surface area contributed by atoms with Gasteiger partial charge in [-0.3, -0.25) is 0 Å². The van der Waals surface area contributed by atoms with Crippen molar-refractivity contribution < 1.29 is 14.3 Å². The van der Waals surface area contributed by atoms with Gasteiger partial charge in [-0.05, 0) is 30.5 Å². The molecule has 20 heavy (non-hydrogen) atoms. The molecule has 0 saturated carbocycles. The Morgan fingerprint density at radius 1 is 0.900 bits per heavy atom. The average Bonchev–Trinajstić information content (AvgIpc) is 2.39. The molecule has 0 fully saturated rings. The van der Waals surface area contributed by atoms with Crippen LogP contribution in [0.15, 0.2) is 24.3 Å². The molecule has 3 nitrogen and oxygen atoms in total. The summed E-state index contributed by atoms with van der Waals surface area (Å²) in [5, 5.41) is 0. The van der Waals surface area contributed by atoms with Crippen molar-refractivity contribution in [3.05, 3.63) is 29.8 Å². The minimum absolute atomic E-state index is 0. The van der Waals surface area contributed by atoms with Crippen molar-refractivity contribution in [3.63, 3.8) is 0 Å². The van der Waals surface area contributed by atoms with Gasteiger partial charge in [0.25, 0.3) is 0 Å². The number of rotatable bonds is 10. The molecule has 1 aromatic carbocycles. The molecule has 0 saturated heterocycles. The fraction of sp³-hybridized carbons (Fsp3) is 0.600. The van der Waals surface area contributed by atoms with Gasteiger partial charge >= 0.3 is 38.2 Å². The third kappa shape index (κ3) is 10.1. The molecule has 0 unspecified atom stereocenters. The van der Waals surface area contributed by atoms with E-state index in [1.54, 1.807) is 12.1 Å². The second-order valence-electron chi connectivity index (χ2n) is 4.86. The second-order valence-corrected chi connectivity index (χ2v) is 5.55. The van der Waals surface area contributed by atoms with E-state index in [4.69, 9.17) is 14.3 Å². The van der Waals surface area contributed by atoms with Gasteiger partial charge in [-0.1, -0.05) is 57.6 Å². The summed E-state index contributed by atoms with van der Waals surface area (Å²) < 4.78 is 4.83. The SMILES string of the molecule is CCCCCCCCCc1ccc(OP(O)O)cc1.[NaH]. The van der Waals surface area contributed by atoms with Gasteiger partial charge in [0.2, 0.25) is 0 Å². The normalized spacial score (nSPS) is 10.4. The molecule has 0 aliphatic carbocycles. The molecule has 0 atom stereocenters. The number of aryl methyl sites for hydroxylation is 1. The molecule has 0 amide bonds. The fourth-order valence-electron chi connectivity index (χ4n) is 2.10. The van der Waals surface area contributed by atoms with Crippen molar-refractivity contribution in [2.45, 2.75) is 58.3 Å². The zero-order valence-corrected chi connectivity index (χ0v) is 12.6. The molecule has 1 rings (SSSR count). The van der Waals surface area contributed by atoms with Crippen molar-refractivity contribution in [1.82, 2.24) is 0 Å². The first kappa shape index (κ1) is 20.4. The van der Waals surface area contributed by atoms with E-state index in [2.05, 4.69) is 6.92 Å². The standard InChI is InChI=1S/C15H25O3P.Na.H/c1-2-3-4-5-6-7-8-9-14-10-12-15(13-11-14)18-19(16)17;;/h10-13,16-17H,2-9H2,1H3;;. The Kier molecular flexibility index (Phi) is 13.3. The van der Waals surface area contributed by atoms with Crippen molar-refractivity contribution >= 4 is 38.2 Å². The van der Waals surface area contributed by atoms with E-state index in [0.717, 1.165) is 6.42 Å². The van der Waals surface area contributed by atoms with Crippen LogP contribution < -0.4 is 4.52 Å². The third-order valence-electron chi connectivity index (χ3n) is 3.18. The minimum atomic E-state index is -2.31. The zero-order valence-electron chi connectivity index (χ0n) is 11.7. The molecule has 0 heterocycles. The molecule has 0 aromatic heterocycles. The number of hydrogen-bond donors (Lipinski definition) is 2. The Morgan fingerprint density at radius 2 is 1.45 bits per heavy atom. The first-order valence-corrected chi connectivity index (χ1v) is 8.33. The molecule has 0 radical (unpaired) electrons. The van der Waals surface area contributed by atoms with E-state index in [-0.39, 0.29) is 29.6 Å². The van der Waals surface area contributed by atoms with E-state index < -0.39 is 8.60 Å². The van der Waals surface area contributed by atoms with Gasteiger partial charge in [-0.2, -0.15) is 0 Å². The molecule has 0 aliphatic heterocycles. The van der Waals surface area contributed by atoms with Crippen LogP contribution >= 0.6 is 8.60 Å². The Hall–Kier alpha value is 0.370. The van der Waals surface area contributed by atoms with Gasteiger partial charge in [0.05, 0.1) is 0 Å². The molecule has 5 heteroatoms. The van der Waals surface area contributed by atoms with Crippen LogP contribution in [-0.2, 0) is 6.42 Å². The average molecular weight is 308 g/mol. The topological polar surface area (TPSA) is 49.7 Å². The van der Waals surface area contributed by atoms with Gasteiger partial charge in [0, 0.05) is 0 Å². The van der Waals surface area contributed by atoms with Crippen LogP contribution in [0.5, 0.6) is 5.75 Å². The molecule has 0 aliphatic rings. The van der Waals surface area contributed by atoms with Crippen LogP contribution in [0, 0.1) is 0 Å². The van der Waals surface area contributed by atoms with Gasteiger partial charge < -0.3 is 14.3 Å². The summed E-state index contributed by atoms with van der Waals surface area (Å²) in [7, 11) is -2.31. The van der Waals surface area contributed by atoms with E-state index in [9.17, 15) is 0 Å². The summed E-state index contributed by atoms with van der Waals surface area (Å²) in [6.45, 7) is 2.24. The Balaban J connectivity index is 0.00000361. The molecule has 1 aromatic rings. The Morgan fingerprint density at radius 3 is 2.00 bits per heavy atom. The molecular formula is C15H26NaO3P. The Labute approximate surface area is 146 Å². The van der Waals surface area contributed by atoms with E-state index in [1.165, 1.54) is 50.5 Å². The monoisotopic (exact) mass is 308 g/mol. The van der Waals surface area contributed by atoms with Gasteiger partial charge in [-0.15, -0.1) is 0 Å². The van der Waals surface area contributed by atoms with Crippen molar-refractivity contribution in [3.8, 4) is 5.75 Å². The van der Waals surface area contributed by atoms with E-state index in [1.807, 2.05) is 12.1 Å². The molecule has 110 valence electrons. The predicted octanol–water partition coefficient (Wildman–Crippen LogP) is 3.92. The van der Waals surface area contributed by atoms with Crippen LogP contribution in [0.2, 0.25) is 0 Å². The van der Waals surface area contributed by atoms with Crippen molar-refractivity contribution in [2.75, 3.05) is 0 Å². The van der Waals surface area contributed by atoms with Crippen LogP contribution in [0.25, 0.3) is 0 Å². The number of unbranched alkanes of at least 4 members (excludes halogenated alkanes) is 6. The number of hydrogen-bond acceptors (Lipinski definition) is 3. The summed E-state index contributed by atoms with van der Waals surface area (Å²) in [6, 6.07) is 7.56. The molecule has 0 bridgehead atoms. The van der Waals surface area contributed by atoms with Crippen LogP contribution in [0.3, 0.4) is 0 Å². The quantitative estimate of drug-likeness (QED) is 0.391. The first-order valence-electron chi connectivity index (χ1n) is 7.17. The maximum absolute atomic E-state index is 8.74. The van der Waals surface area contributed by atoms with Gasteiger partial charge in [-0.25, -0.2) is 0 Å². The molecule has 2 N–H and O–H groups in total. The summed E-state index contributed by atoms with van der Waals surface area (Å²) >= 11 is 0.